The van der Waals surface area contributed by atoms with Crippen LogP contribution in [0.1, 0.15) is 34.0 Å². The number of carbonyl (C=O) groups excluding carboxylic acids is 3. The summed E-state index contributed by atoms with van der Waals surface area (Å²) < 4.78 is 5.41. The van der Waals surface area contributed by atoms with Gasteiger partial charge in [-0.05, 0) is 36.2 Å². The van der Waals surface area contributed by atoms with Crippen molar-refractivity contribution >= 4 is 17.7 Å². The van der Waals surface area contributed by atoms with E-state index < -0.39 is 11.6 Å². The number of nitrogens with one attached hydrogen (secondary N) is 1. The number of rotatable bonds is 7. The molecule has 1 saturated heterocycles. The molecule has 32 heavy (non-hydrogen) atoms. The van der Waals surface area contributed by atoms with Gasteiger partial charge in [-0.15, -0.1) is 0 Å². The summed E-state index contributed by atoms with van der Waals surface area (Å²) in [6.45, 7) is 1.47. The number of ether oxygens (including phenoxy) is 1. The monoisotopic (exact) mass is 428 g/mol. The SMILES string of the molecule is COc1ccc(C(C)=O)cc1CN1C(=O)N[C@@](Cc2ccccc2)(c2ccccc2)C1=O. The minimum Gasteiger partial charge on any atom is -0.496 e. The number of urea groups is 1. The Morgan fingerprint density at radius 3 is 2.25 bits per heavy atom. The average Bonchev–Trinajstić information content (AvgIpc) is 3.05. The van der Waals surface area contributed by atoms with Gasteiger partial charge in [0.1, 0.15) is 5.75 Å². The number of imide groups is 1. The smallest absolute Gasteiger partial charge is 0.325 e. The van der Waals surface area contributed by atoms with Crippen LogP contribution in [0, 0.1) is 0 Å². The molecule has 6 heteroatoms. The molecule has 0 saturated carbocycles. The highest BCUT2D eigenvalue weighted by molar-refractivity contribution is 6.07. The molecule has 0 radical (unpaired) electrons. The lowest BCUT2D eigenvalue weighted by atomic mass is 9.83. The molecule has 0 aromatic heterocycles. The normalized spacial score (nSPS) is 17.9. The van der Waals surface area contributed by atoms with Crippen LogP contribution in [0.25, 0.3) is 0 Å². The first-order chi connectivity index (χ1) is 15.4. The second-order valence-corrected chi connectivity index (χ2v) is 7.84. The van der Waals surface area contributed by atoms with Crippen LogP contribution in [0.4, 0.5) is 4.79 Å². The molecule has 1 heterocycles. The van der Waals surface area contributed by atoms with Crippen LogP contribution in [-0.4, -0.2) is 29.7 Å². The molecule has 0 unspecified atom stereocenters. The second-order valence-electron chi connectivity index (χ2n) is 7.84. The summed E-state index contributed by atoms with van der Waals surface area (Å²) in [6, 6.07) is 23.4. The minimum atomic E-state index is -1.22. The van der Waals surface area contributed by atoms with E-state index in [0.717, 1.165) is 5.56 Å². The third-order valence-corrected chi connectivity index (χ3v) is 5.77. The Morgan fingerprint density at radius 1 is 0.969 bits per heavy atom. The zero-order valence-corrected chi connectivity index (χ0v) is 18.0. The molecule has 3 amide bonds. The number of carbonyl (C=O) groups is 3. The molecule has 6 nitrogen and oxygen atoms in total. The summed E-state index contributed by atoms with van der Waals surface area (Å²) in [5.41, 5.74) is 1.52. The fourth-order valence-electron chi connectivity index (χ4n) is 4.10. The molecular formula is C26H24N2O4. The zero-order valence-electron chi connectivity index (χ0n) is 18.0. The minimum absolute atomic E-state index is 0.00165. The summed E-state index contributed by atoms with van der Waals surface area (Å²) in [7, 11) is 1.52. The van der Waals surface area contributed by atoms with Gasteiger partial charge in [-0.2, -0.15) is 0 Å². The molecule has 1 aliphatic heterocycles. The lowest BCUT2D eigenvalue weighted by Gasteiger charge is -2.27. The van der Waals surface area contributed by atoms with Crippen LogP contribution < -0.4 is 10.1 Å². The summed E-state index contributed by atoms with van der Waals surface area (Å²) in [4.78, 5) is 39.9. The number of Topliss-reactive ketones (excluding diaryl/α,β-unsaturated/α-hetero) is 1. The van der Waals surface area contributed by atoms with E-state index in [1.807, 2.05) is 60.7 Å². The Morgan fingerprint density at radius 2 is 1.62 bits per heavy atom. The maximum atomic E-state index is 13.8. The lowest BCUT2D eigenvalue weighted by molar-refractivity contribution is -0.132. The fourth-order valence-corrected chi connectivity index (χ4v) is 4.10. The van der Waals surface area contributed by atoms with Crippen molar-refractivity contribution in [3.05, 3.63) is 101 Å². The first kappa shape index (κ1) is 21.3. The van der Waals surface area contributed by atoms with E-state index in [1.165, 1.54) is 18.9 Å². The highest BCUT2D eigenvalue weighted by atomic mass is 16.5. The van der Waals surface area contributed by atoms with Gasteiger partial charge < -0.3 is 10.1 Å². The molecule has 1 aliphatic rings. The van der Waals surface area contributed by atoms with Crippen LogP contribution in [-0.2, 0) is 23.3 Å². The maximum absolute atomic E-state index is 13.8. The van der Waals surface area contributed by atoms with Crippen LogP contribution in [0.3, 0.4) is 0 Å². The average molecular weight is 428 g/mol. The van der Waals surface area contributed by atoms with Crippen molar-refractivity contribution in [1.29, 1.82) is 0 Å². The Kier molecular flexibility index (Phi) is 5.77. The molecule has 1 fully saturated rings. The third kappa shape index (κ3) is 3.87. The Balaban J connectivity index is 1.74. The van der Waals surface area contributed by atoms with Crippen LogP contribution >= 0.6 is 0 Å². The van der Waals surface area contributed by atoms with Crippen molar-refractivity contribution < 1.29 is 19.1 Å². The number of methoxy groups -OCH3 is 1. The molecule has 3 aromatic carbocycles. The van der Waals surface area contributed by atoms with Gasteiger partial charge in [-0.3, -0.25) is 14.5 Å². The summed E-state index contributed by atoms with van der Waals surface area (Å²) in [5, 5.41) is 2.96. The summed E-state index contributed by atoms with van der Waals surface area (Å²) in [6.07, 6.45) is 0.323. The highest BCUT2D eigenvalue weighted by Crippen LogP contribution is 2.34. The molecule has 0 bridgehead atoms. The quantitative estimate of drug-likeness (QED) is 0.454. The molecule has 1 atom stereocenters. The van der Waals surface area contributed by atoms with E-state index in [9.17, 15) is 14.4 Å². The number of benzene rings is 3. The highest BCUT2D eigenvalue weighted by Gasteiger charge is 2.52. The van der Waals surface area contributed by atoms with Crippen LogP contribution in [0.5, 0.6) is 5.75 Å². The summed E-state index contributed by atoms with van der Waals surface area (Å²) >= 11 is 0. The largest absolute Gasteiger partial charge is 0.496 e. The number of hydrogen-bond donors (Lipinski definition) is 1. The van der Waals surface area contributed by atoms with Gasteiger partial charge in [0, 0.05) is 17.5 Å². The van der Waals surface area contributed by atoms with Gasteiger partial charge in [0.05, 0.1) is 13.7 Å². The van der Waals surface area contributed by atoms with Gasteiger partial charge in [-0.1, -0.05) is 60.7 Å². The first-order valence-electron chi connectivity index (χ1n) is 10.4. The Labute approximate surface area is 186 Å². The van der Waals surface area contributed by atoms with Crippen LogP contribution in [0.15, 0.2) is 78.9 Å². The fraction of sp³-hybridized carbons (Fsp3) is 0.192. The number of ketones is 1. The van der Waals surface area contributed by atoms with E-state index in [4.69, 9.17) is 4.74 Å². The Bertz CT molecular complexity index is 1160. The van der Waals surface area contributed by atoms with Gasteiger partial charge in [0.15, 0.2) is 11.3 Å². The van der Waals surface area contributed by atoms with E-state index in [-0.39, 0.29) is 18.2 Å². The molecule has 3 aromatic rings. The van der Waals surface area contributed by atoms with Gasteiger partial charge >= 0.3 is 6.03 Å². The van der Waals surface area contributed by atoms with Crippen molar-refractivity contribution in [2.45, 2.75) is 25.4 Å². The van der Waals surface area contributed by atoms with Crippen molar-refractivity contribution in [3.8, 4) is 5.75 Å². The number of hydrogen-bond acceptors (Lipinski definition) is 4. The summed E-state index contributed by atoms with van der Waals surface area (Å²) in [5.74, 6) is 0.0671. The first-order valence-corrected chi connectivity index (χ1v) is 10.4. The van der Waals surface area contributed by atoms with Gasteiger partial charge in [-0.25, -0.2) is 4.79 Å². The molecule has 162 valence electrons. The van der Waals surface area contributed by atoms with Gasteiger partial charge in [0.25, 0.3) is 5.91 Å². The third-order valence-electron chi connectivity index (χ3n) is 5.77. The molecule has 4 rings (SSSR count). The Hall–Kier alpha value is -3.93. The van der Waals surface area contributed by atoms with E-state index in [0.29, 0.717) is 28.9 Å². The standard InChI is InChI=1S/C26H24N2O4/c1-18(29)20-13-14-23(32-2)21(15-20)17-28-24(30)26(27-25(28)31,22-11-7-4-8-12-22)16-19-9-5-3-6-10-19/h3-15H,16-17H2,1-2H3,(H,27,31)/t26-/m0/s1. The van der Waals surface area contributed by atoms with E-state index in [1.54, 1.807) is 18.2 Å². The zero-order chi connectivity index (χ0) is 22.7. The molecule has 0 aliphatic carbocycles. The lowest BCUT2D eigenvalue weighted by Crippen LogP contribution is -2.46. The predicted molar refractivity (Wildman–Crippen MR) is 120 cm³/mol. The predicted octanol–water partition coefficient (Wildman–Crippen LogP) is 4.09. The second kappa shape index (κ2) is 8.67. The van der Waals surface area contributed by atoms with Crippen molar-refractivity contribution in [1.82, 2.24) is 10.2 Å². The molecule has 1 N–H and O–H groups in total. The number of nitrogens with zero attached hydrogens (tertiary/aromatic N) is 1. The molecular weight excluding hydrogens is 404 g/mol. The van der Waals surface area contributed by atoms with E-state index in [2.05, 4.69) is 5.32 Å². The topological polar surface area (TPSA) is 75.7 Å². The van der Waals surface area contributed by atoms with Crippen molar-refractivity contribution in [3.63, 3.8) is 0 Å². The number of amides is 3. The molecule has 0 spiro atoms. The maximum Gasteiger partial charge on any atom is 0.325 e. The van der Waals surface area contributed by atoms with Crippen LogP contribution in [0.2, 0.25) is 0 Å². The van der Waals surface area contributed by atoms with E-state index >= 15 is 0 Å². The van der Waals surface area contributed by atoms with Crippen molar-refractivity contribution in [2.75, 3.05) is 7.11 Å². The van der Waals surface area contributed by atoms with Crippen molar-refractivity contribution in [2.24, 2.45) is 0 Å². The van der Waals surface area contributed by atoms with Gasteiger partial charge in [0.2, 0.25) is 0 Å².